The Kier molecular flexibility index (Phi) is 4.25. The Hall–Kier alpha value is -0.450. The Bertz CT molecular complexity index is 301. The van der Waals surface area contributed by atoms with E-state index in [9.17, 15) is 5.11 Å². The van der Waals surface area contributed by atoms with Gasteiger partial charge in [0.1, 0.15) is 0 Å². The Labute approximate surface area is 95.1 Å². The number of hydrogen-bond donors (Lipinski definition) is 1. The lowest BCUT2D eigenvalue weighted by Crippen LogP contribution is -2.28. The number of thiazole rings is 1. The summed E-state index contributed by atoms with van der Waals surface area (Å²) >= 11 is 1.66. The minimum Gasteiger partial charge on any atom is -0.390 e. The molecule has 0 radical (unpaired) electrons. The fraction of sp³-hybridized carbons (Fsp3) is 0.727. The van der Waals surface area contributed by atoms with E-state index in [-0.39, 0.29) is 0 Å². The molecule has 15 heavy (non-hydrogen) atoms. The van der Waals surface area contributed by atoms with Crippen molar-refractivity contribution >= 4 is 11.3 Å². The Balaban J connectivity index is 2.60. The molecule has 1 N–H and O–H groups in total. The lowest BCUT2D eigenvalue weighted by molar-refractivity contribution is 0.0249. The van der Waals surface area contributed by atoms with Crippen molar-refractivity contribution in [2.75, 3.05) is 13.7 Å². The molecule has 1 heterocycles. The molecule has 0 bridgehead atoms. The van der Waals surface area contributed by atoms with E-state index < -0.39 is 5.60 Å². The van der Waals surface area contributed by atoms with Crippen LogP contribution in [-0.4, -0.2) is 29.4 Å². The molecule has 1 aromatic rings. The molecule has 1 unspecified atom stereocenters. The van der Waals surface area contributed by atoms with Crippen LogP contribution in [0.4, 0.5) is 0 Å². The first-order chi connectivity index (χ1) is 6.94. The van der Waals surface area contributed by atoms with Crippen molar-refractivity contribution in [3.8, 4) is 0 Å². The van der Waals surface area contributed by atoms with Gasteiger partial charge in [-0.25, -0.2) is 4.98 Å². The maximum Gasteiger partial charge on any atom is 0.0959 e. The smallest absolute Gasteiger partial charge is 0.0959 e. The van der Waals surface area contributed by atoms with Crippen molar-refractivity contribution < 1.29 is 9.84 Å². The normalized spacial score (nSPS) is 15.3. The minimum atomic E-state index is -0.716. The van der Waals surface area contributed by atoms with Gasteiger partial charge in [0.25, 0.3) is 0 Å². The first-order valence-electron chi connectivity index (χ1n) is 5.09. The molecule has 86 valence electrons. The van der Waals surface area contributed by atoms with Crippen molar-refractivity contribution in [1.29, 1.82) is 0 Å². The van der Waals surface area contributed by atoms with Crippen LogP contribution < -0.4 is 0 Å². The van der Waals surface area contributed by atoms with E-state index in [4.69, 9.17) is 4.74 Å². The summed E-state index contributed by atoms with van der Waals surface area (Å²) in [6, 6.07) is 0. The largest absolute Gasteiger partial charge is 0.390 e. The van der Waals surface area contributed by atoms with Gasteiger partial charge in [-0.05, 0) is 27.2 Å². The third-order valence-electron chi connectivity index (χ3n) is 2.45. The van der Waals surface area contributed by atoms with E-state index in [2.05, 4.69) is 11.9 Å². The van der Waals surface area contributed by atoms with Crippen LogP contribution >= 0.6 is 11.3 Å². The van der Waals surface area contributed by atoms with Gasteiger partial charge in [0, 0.05) is 25.0 Å². The van der Waals surface area contributed by atoms with Gasteiger partial charge in [0.05, 0.1) is 16.3 Å². The highest BCUT2D eigenvalue weighted by Gasteiger charge is 2.22. The molecule has 0 aromatic carbocycles. The molecule has 0 amide bonds. The van der Waals surface area contributed by atoms with Gasteiger partial charge in [-0.3, -0.25) is 0 Å². The number of rotatable bonds is 5. The highest BCUT2D eigenvalue weighted by atomic mass is 32.1. The lowest BCUT2D eigenvalue weighted by atomic mass is 9.99. The highest BCUT2D eigenvalue weighted by molar-refractivity contribution is 7.11. The zero-order valence-corrected chi connectivity index (χ0v) is 10.6. The summed E-state index contributed by atoms with van der Waals surface area (Å²) < 4.78 is 4.97. The van der Waals surface area contributed by atoms with Gasteiger partial charge in [0.2, 0.25) is 0 Å². The summed E-state index contributed by atoms with van der Waals surface area (Å²) in [7, 11) is 1.65. The Morgan fingerprint density at radius 1 is 1.47 bits per heavy atom. The lowest BCUT2D eigenvalue weighted by Gasteiger charge is -2.21. The second-order valence-electron chi connectivity index (χ2n) is 4.17. The van der Waals surface area contributed by atoms with Crippen LogP contribution in [0, 0.1) is 13.8 Å². The number of ether oxygens (including phenoxy) is 1. The standard InChI is InChI=1S/C11H19NO2S/c1-8-9(2)15-10(12-8)7-11(3,13)5-6-14-4/h13H,5-7H2,1-4H3. The number of nitrogens with zero attached hydrogens (tertiary/aromatic N) is 1. The average Bonchev–Trinajstić information content (AvgIpc) is 2.41. The molecule has 1 atom stereocenters. The molecular formula is C11H19NO2S. The van der Waals surface area contributed by atoms with Crippen molar-refractivity contribution in [3.05, 3.63) is 15.6 Å². The Morgan fingerprint density at radius 2 is 2.13 bits per heavy atom. The first kappa shape index (κ1) is 12.6. The summed E-state index contributed by atoms with van der Waals surface area (Å²) in [5, 5.41) is 11.1. The number of hydrogen-bond acceptors (Lipinski definition) is 4. The van der Waals surface area contributed by atoms with Crippen LogP contribution in [0.3, 0.4) is 0 Å². The molecule has 0 aliphatic heterocycles. The first-order valence-corrected chi connectivity index (χ1v) is 5.90. The number of aromatic nitrogens is 1. The minimum absolute atomic E-state index is 0.580. The van der Waals surface area contributed by atoms with Gasteiger partial charge in [-0.2, -0.15) is 0 Å². The third-order valence-corrected chi connectivity index (χ3v) is 3.52. The molecule has 1 aromatic heterocycles. The van der Waals surface area contributed by atoms with Crippen molar-refractivity contribution in [2.24, 2.45) is 0 Å². The van der Waals surface area contributed by atoms with Gasteiger partial charge in [0.15, 0.2) is 0 Å². The molecule has 3 nitrogen and oxygen atoms in total. The third kappa shape index (κ3) is 3.89. The van der Waals surface area contributed by atoms with Crippen LogP contribution in [0.5, 0.6) is 0 Å². The zero-order valence-electron chi connectivity index (χ0n) is 9.83. The molecule has 0 saturated carbocycles. The van der Waals surface area contributed by atoms with Gasteiger partial charge < -0.3 is 9.84 Å². The Morgan fingerprint density at radius 3 is 2.60 bits per heavy atom. The van der Waals surface area contributed by atoms with Crippen LogP contribution in [0.25, 0.3) is 0 Å². The molecule has 0 fully saturated rings. The maximum absolute atomic E-state index is 10.1. The van der Waals surface area contributed by atoms with E-state index in [1.54, 1.807) is 18.4 Å². The SMILES string of the molecule is COCCC(C)(O)Cc1nc(C)c(C)s1. The van der Waals surface area contributed by atoms with E-state index in [0.717, 1.165) is 10.7 Å². The predicted octanol–water partition coefficient (Wildman–Crippen LogP) is 2.09. The molecule has 4 heteroatoms. The van der Waals surface area contributed by atoms with E-state index in [1.165, 1.54) is 4.88 Å². The number of aliphatic hydroxyl groups is 1. The van der Waals surface area contributed by atoms with Crippen molar-refractivity contribution in [3.63, 3.8) is 0 Å². The fourth-order valence-corrected chi connectivity index (χ4v) is 2.46. The van der Waals surface area contributed by atoms with Crippen LogP contribution in [0.1, 0.15) is 28.9 Å². The summed E-state index contributed by atoms with van der Waals surface area (Å²) in [6.07, 6.45) is 1.25. The molecule has 0 aliphatic carbocycles. The second kappa shape index (κ2) is 5.05. The fourth-order valence-electron chi connectivity index (χ4n) is 1.35. The molecule has 1 rings (SSSR count). The second-order valence-corrected chi connectivity index (χ2v) is 5.45. The van der Waals surface area contributed by atoms with E-state index in [0.29, 0.717) is 19.4 Å². The maximum atomic E-state index is 10.1. The van der Waals surface area contributed by atoms with Gasteiger partial charge >= 0.3 is 0 Å². The summed E-state index contributed by atoms with van der Waals surface area (Å²) in [5.41, 5.74) is 0.352. The van der Waals surface area contributed by atoms with Gasteiger partial charge in [-0.15, -0.1) is 11.3 Å². The van der Waals surface area contributed by atoms with E-state index in [1.807, 2.05) is 13.8 Å². The molecule has 0 spiro atoms. The topological polar surface area (TPSA) is 42.4 Å². The van der Waals surface area contributed by atoms with Crippen LogP contribution in [0.15, 0.2) is 0 Å². The molecular weight excluding hydrogens is 210 g/mol. The highest BCUT2D eigenvalue weighted by Crippen LogP contribution is 2.23. The van der Waals surface area contributed by atoms with Gasteiger partial charge in [-0.1, -0.05) is 0 Å². The zero-order chi connectivity index (χ0) is 11.5. The summed E-state index contributed by atoms with van der Waals surface area (Å²) in [5.74, 6) is 0. The molecule has 0 aliphatic rings. The number of methoxy groups -OCH3 is 1. The predicted molar refractivity (Wildman–Crippen MR) is 62.4 cm³/mol. The quantitative estimate of drug-likeness (QED) is 0.840. The van der Waals surface area contributed by atoms with Crippen molar-refractivity contribution in [1.82, 2.24) is 4.98 Å². The van der Waals surface area contributed by atoms with Crippen LogP contribution in [0.2, 0.25) is 0 Å². The van der Waals surface area contributed by atoms with E-state index >= 15 is 0 Å². The monoisotopic (exact) mass is 229 g/mol. The number of aryl methyl sites for hydroxylation is 2. The summed E-state index contributed by atoms with van der Waals surface area (Å²) in [4.78, 5) is 5.65. The van der Waals surface area contributed by atoms with Crippen molar-refractivity contribution in [2.45, 2.75) is 39.2 Å². The average molecular weight is 229 g/mol. The molecule has 0 saturated heterocycles. The summed E-state index contributed by atoms with van der Waals surface area (Å²) in [6.45, 7) is 6.47. The van der Waals surface area contributed by atoms with Crippen LogP contribution in [-0.2, 0) is 11.2 Å².